The summed E-state index contributed by atoms with van der Waals surface area (Å²) in [5.74, 6) is 0.694. The molecule has 1 heterocycles. The van der Waals surface area contributed by atoms with Gasteiger partial charge in [0.25, 0.3) is 0 Å². The summed E-state index contributed by atoms with van der Waals surface area (Å²) in [6.07, 6.45) is 1.60. The molecule has 0 aliphatic heterocycles. The van der Waals surface area contributed by atoms with E-state index in [4.69, 9.17) is 4.42 Å². The van der Waals surface area contributed by atoms with Gasteiger partial charge in [0.1, 0.15) is 5.76 Å². The van der Waals surface area contributed by atoms with Gasteiger partial charge in [0, 0.05) is 10.5 Å². The Morgan fingerprint density at radius 1 is 1.24 bits per heavy atom. The fourth-order valence-electron chi connectivity index (χ4n) is 2.11. The third-order valence-electron chi connectivity index (χ3n) is 3.28. The second-order valence-electron chi connectivity index (χ2n) is 4.93. The lowest BCUT2D eigenvalue weighted by molar-refractivity contribution is -0.123. The summed E-state index contributed by atoms with van der Waals surface area (Å²) in [5, 5.41) is 6.14. The van der Waals surface area contributed by atoms with Gasteiger partial charge in [0.2, 0.25) is 5.91 Å². The number of hydrogen-bond acceptors (Lipinski definition) is 3. The third kappa shape index (κ3) is 4.44. The van der Waals surface area contributed by atoms with Crippen molar-refractivity contribution in [3.05, 3.63) is 58.5 Å². The van der Waals surface area contributed by atoms with Crippen LogP contribution in [0, 0.1) is 0 Å². The molecule has 0 aliphatic rings. The molecule has 2 N–H and O–H groups in total. The van der Waals surface area contributed by atoms with Gasteiger partial charge in [-0.3, -0.25) is 10.1 Å². The molecule has 112 valence electrons. The molecule has 0 fully saturated rings. The molecule has 0 aliphatic carbocycles. The van der Waals surface area contributed by atoms with Gasteiger partial charge in [-0.05, 0) is 37.6 Å². The second-order valence-corrected chi connectivity index (χ2v) is 5.78. The molecule has 21 heavy (non-hydrogen) atoms. The van der Waals surface area contributed by atoms with Crippen molar-refractivity contribution in [2.75, 3.05) is 0 Å². The predicted octanol–water partition coefficient (Wildman–Crippen LogP) is 3.40. The Morgan fingerprint density at radius 2 is 2.00 bits per heavy atom. The molecular formula is C16H19BrN2O2. The normalized spacial score (nSPS) is 13.7. The molecule has 2 atom stereocenters. The van der Waals surface area contributed by atoms with Gasteiger partial charge in [-0.15, -0.1) is 0 Å². The van der Waals surface area contributed by atoms with Crippen molar-refractivity contribution in [1.29, 1.82) is 0 Å². The number of rotatable bonds is 6. The fourth-order valence-corrected chi connectivity index (χ4v) is 2.74. The summed E-state index contributed by atoms with van der Waals surface area (Å²) >= 11 is 3.53. The molecule has 2 rings (SSSR count). The largest absolute Gasteiger partial charge is 0.467 e. The van der Waals surface area contributed by atoms with E-state index in [1.807, 2.05) is 44.2 Å². The first kappa shape index (κ1) is 15.8. The lowest BCUT2D eigenvalue weighted by Crippen LogP contribution is -2.42. The summed E-state index contributed by atoms with van der Waals surface area (Å²) in [7, 11) is 0. The molecule has 1 unspecified atom stereocenters. The van der Waals surface area contributed by atoms with E-state index in [0.29, 0.717) is 6.54 Å². The minimum Gasteiger partial charge on any atom is -0.467 e. The van der Waals surface area contributed by atoms with E-state index in [0.717, 1.165) is 15.8 Å². The molecule has 0 saturated heterocycles. The Kier molecular flexibility index (Phi) is 5.59. The summed E-state index contributed by atoms with van der Waals surface area (Å²) in [6, 6.07) is 11.4. The Hall–Kier alpha value is -1.59. The molecular weight excluding hydrogens is 332 g/mol. The van der Waals surface area contributed by atoms with E-state index in [-0.39, 0.29) is 18.0 Å². The smallest absolute Gasteiger partial charge is 0.237 e. The van der Waals surface area contributed by atoms with Gasteiger partial charge in [-0.25, -0.2) is 0 Å². The van der Waals surface area contributed by atoms with Crippen LogP contribution in [-0.4, -0.2) is 11.9 Å². The average molecular weight is 351 g/mol. The van der Waals surface area contributed by atoms with Crippen molar-refractivity contribution in [3.63, 3.8) is 0 Å². The van der Waals surface area contributed by atoms with Crippen LogP contribution < -0.4 is 10.6 Å². The van der Waals surface area contributed by atoms with Gasteiger partial charge in [0.15, 0.2) is 0 Å². The van der Waals surface area contributed by atoms with Crippen LogP contribution in [0.1, 0.15) is 31.2 Å². The first-order valence-corrected chi connectivity index (χ1v) is 7.68. The lowest BCUT2D eigenvalue weighted by atomic mass is 10.1. The first-order chi connectivity index (χ1) is 10.1. The monoisotopic (exact) mass is 350 g/mol. The molecule has 4 nitrogen and oxygen atoms in total. The van der Waals surface area contributed by atoms with Crippen LogP contribution in [0.2, 0.25) is 0 Å². The van der Waals surface area contributed by atoms with Gasteiger partial charge >= 0.3 is 0 Å². The highest BCUT2D eigenvalue weighted by Crippen LogP contribution is 2.22. The van der Waals surface area contributed by atoms with Crippen molar-refractivity contribution < 1.29 is 9.21 Å². The highest BCUT2D eigenvalue weighted by molar-refractivity contribution is 9.10. The van der Waals surface area contributed by atoms with Gasteiger partial charge < -0.3 is 9.73 Å². The topological polar surface area (TPSA) is 54.3 Å². The van der Waals surface area contributed by atoms with Crippen LogP contribution in [0.4, 0.5) is 0 Å². The first-order valence-electron chi connectivity index (χ1n) is 6.88. The molecule has 1 aromatic heterocycles. The van der Waals surface area contributed by atoms with E-state index in [9.17, 15) is 4.79 Å². The number of nitrogens with one attached hydrogen (secondary N) is 2. The SMILES string of the molecule is CC(N[C@@H](C)c1ccccc1Br)C(=O)NCc1ccco1. The van der Waals surface area contributed by atoms with E-state index in [1.165, 1.54) is 0 Å². The lowest BCUT2D eigenvalue weighted by Gasteiger charge is -2.20. The molecule has 1 aromatic carbocycles. The highest BCUT2D eigenvalue weighted by Gasteiger charge is 2.17. The Balaban J connectivity index is 1.87. The zero-order chi connectivity index (χ0) is 15.2. The quantitative estimate of drug-likeness (QED) is 0.839. The molecule has 2 aromatic rings. The predicted molar refractivity (Wildman–Crippen MR) is 85.7 cm³/mol. The second kappa shape index (κ2) is 7.43. The molecule has 1 amide bonds. The maximum absolute atomic E-state index is 12.1. The van der Waals surface area contributed by atoms with Crippen LogP contribution in [0.25, 0.3) is 0 Å². The van der Waals surface area contributed by atoms with Crippen molar-refractivity contribution in [3.8, 4) is 0 Å². The number of carbonyl (C=O) groups excluding carboxylic acids is 1. The highest BCUT2D eigenvalue weighted by atomic mass is 79.9. The van der Waals surface area contributed by atoms with Crippen LogP contribution in [0.3, 0.4) is 0 Å². The van der Waals surface area contributed by atoms with E-state index >= 15 is 0 Å². The summed E-state index contributed by atoms with van der Waals surface area (Å²) in [5.41, 5.74) is 1.13. The molecule has 0 saturated carbocycles. The standard InChI is InChI=1S/C16H19BrN2O2/c1-11(14-7-3-4-8-15(14)17)19-12(2)16(20)18-10-13-6-5-9-21-13/h3-9,11-12,19H,10H2,1-2H3,(H,18,20)/t11-,12?/m0/s1. The van der Waals surface area contributed by atoms with Gasteiger partial charge in [-0.2, -0.15) is 0 Å². The number of benzene rings is 1. The van der Waals surface area contributed by atoms with Crippen LogP contribution in [0.5, 0.6) is 0 Å². The molecule has 0 spiro atoms. The van der Waals surface area contributed by atoms with Crippen molar-refractivity contribution in [1.82, 2.24) is 10.6 Å². The van der Waals surface area contributed by atoms with Gasteiger partial charge in [0.05, 0.1) is 18.8 Å². The number of furan rings is 1. The average Bonchev–Trinajstić information content (AvgIpc) is 2.98. The summed E-state index contributed by atoms with van der Waals surface area (Å²) < 4.78 is 6.22. The van der Waals surface area contributed by atoms with E-state index in [1.54, 1.807) is 12.3 Å². The zero-order valence-corrected chi connectivity index (χ0v) is 13.7. The number of carbonyl (C=O) groups is 1. The third-order valence-corrected chi connectivity index (χ3v) is 4.00. The van der Waals surface area contributed by atoms with E-state index in [2.05, 4.69) is 26.6 Å². The molecule has 0 bridgehead atoms. The van der Waals surface area contributed by atoms with Crippen molar-refractivity contribution >= 4 is 21.8 Å². The van der Waals surface area contributed by atoms with Crippen molar-refractivity contribution in [2.45, 2.75) is 32.5 Å². The Morgan fingerprint density at radius 3 is 2.67 bits per heavy atom. The maximum atomic E-state index is 12.1. The van der Waals surface area contributed by atoms with Gasteiger partial charge in [-0.1, -0.05) is 34.1 Å². The Bertz CT molecular complexity index is 584. The van der Waals surface area contributed by atoms with Crippen LogP contribution in [-0.2, 0) is 11.3 Å². The van der Waals surface area contributed by atoms with E-state index < -0.39 is 0 Å². The van der Waals surface area contributed by atoms with Crippen LogP contribution >= 0.6 is 15.9 Å². The Labute approximate surface area is 133 Å². The minimum atomic E-state index is -0.290. The number of halogens is 1. The van der Waals surface area contributed by atoms with Crippen LogP contribution in [0.15, 0.2) is 51.6 Å². The molecule has 0 radical (unpaired) electrons. The number of amides is 1. The fraction of sp³-hybridized carbons (Fsp3) is 0.312. The zero-order valence-electron chi connectivity index (χ0n) is 12.1. The maximum Gasteiger partial charge on any atom is 0.237 e. The number of hydrogen-bond donors (Lipinski definition) is 2. The van der Waals surface area contributed by atoms with Crippen molar-refractivity contribution in [2.24, 2.45) is 0 Å². The summed E-state index contributed by atoms with van der Waals surface area (Å²) in [4.78, 5) is 12.1. The summed E-state index contributed by atoms with van der Waals surface area (Å²) in [6.45, 7) is 4.29. The minimum absolute atomic E-state index is 0.0506. The molecule has 5 heteroatoms.